The molecule has 1 aromatic heterocycles. The van der Waals surface area contributed by atoms with E-state index in [-0.39, 0.29) is 6.04 Å². The van der Waals surface area contributed by atoms with Gasteiger partial charge < -0.3 is 14.6 Å². The second kappa shape index (κ2) is 6.53. The molecule has 2 unspecified atom stereocenters. The summed E-state index contributed by atoms with van der Waals surface area (Å²) in [5.41, 5.74) is 1.01. The Morgan fingerprint density at radius 1 is 1.47 bits per heavy atom. The Morgan fingerprint density at radius 2 is 2.26 bits per heavy atom. The topological polar surface area (TPSA) is 41.3 Å². The third-order valence-electron chi connectivity index (χ3n) is 4.19. The fraction of sp³-hybridized carbons (Fsp3) is 0.800. The van der Waals surface area contributed by atoms with Crippen LogP contribution in [0.25, 0.3) is 0 Å². The highest BCUT2D eigenvalue weighted by Crippen LogP contribution is 2.22. The van der Waals surface area contributed by atoms with Gasteiger partial charge in [-0.2, -0.15) is 0 Å². The molecule has 1 saturated heterocycles. The molecule has 4 heteroatoms. The van der Waals surface area contributed by atoms with Gasteiger partial charge in [-0.15, -0.1) is 0 Å². The normalized spacial score (nSPS) is 22.9. The number of nitrogens with zero attached hydrogens (tertiary/aromatic N) is 2. The Bertz CT molecular complexity index is 388. The van der Waals surface area contributed by atoms with E-state index in [0.717, 1.165) is 18.0 Å². The van der Waals surface area contributed by atoms with E-state index in [1.54, 1.807) is 6.26 Å². The number of hydrogen-bond acceptors (Lipinski definition) is 4. The fourth-order valence-corrected chi connectivity index (χ4v) is 2.75. The van der Waals surface area contributed by atoms with E-state index in [1.165, 1.54) is 25.9 Å². The maximum atomic E-state index is 5.62. The van der Waals surface area contributed by atoms with Crippen LogP contribution in [0.15, 0.2) is 10.7 Å². The molecule has 0 radical (unpaired) electrons. The molecule has 0 saturated carbocycles. The molecule has 1 aliphatic rings. The molecule has 19 heavy (non-hydrogen) atoms. The second-order valence-electron chi connectivity index (χ2n) is 5.98. The van der Waals surface area contributed by atoms with Gasteiger partial charge in [0.15, 0.2) is 5.89 Å². The first kappa shape index (κ1) is 14.5. The van der Waals surface area contributed by atoms with Crippen molar-refractivity contribution in [1.29, 1.82) is 0 Å². The standard InChI is InChI=1S/C15H27N3O/c1-11(2)18-7-5-6-13(9-18)8-15-17-14(10-19-15)12(3)16-4/h10-13,16H,5-9H2,1-4H3. The minimum absolute atomic E-state index is 0.260. The number of hydrogen-bond donors (Lipinski definition) is 1. The van der Waals surface area contributed by atoms with Crippen molar-refractivity contribution in [3.8, 4) is 0 Å². The van der Waals surface area contributed by atoms with Crippen LogP contribution in [0.3, 0.4) is 0 Å². The van der Waals surface area contributed by atoms with Crippen LogP contribution in [0, 0.1) is 5.92 Å². The number of aromatic nitrogens is 1. The van der Waals surface area contributed by atoms with Gasteiger partial charge >= 0.3 is 0 Å². The SMILES string of the molecule is CNC(C)c1coc(CC2CCCN(C(C)C)C2)n1. The Morgan fingerprint density at radius 3 is 2.95 bits per heavy atom. The van der Waals surface area contributed by atoms with Crippen molar-refractivity contribution < 1.29 is 4.42 Å². The summed E-state index contributed by atoms with van der Waals surface area (Å²) in [5.74, 6) is 1.58. The monoisotopic (exact) mass is 265 g/mol. The quantitative estimate of drug-likeness (QED) is 0.888. The lowest BCUT2D eigenvalue weighted by Crippen LogP contribution is -2.40. The van der Waals surface area contributed by atoms with Crippen molar-refractivity contribution in [2.24, 2.45) is 5.92 Å². The summed E-state index contributed by atoms with van der Waals surface area (Å²) in [6.07, 6.45) is 5.35. The van der Waals surface area contributed by atoms with Crippen molar-refractivity contribution in [2.75, 3.05) is 20.1 Å². The molecule has 2 heterocycles. The number of rotatable bonds is 5. The Kier molecular flexibility index (Phi) is 4.99. The van der Waals surface area contributed by atoms with Crippen LogP contribution in [0.5, 0.6) is 0 Å². The smallest absolute Gasteiger partial charge is 0.194 e. The van der Waals surface area contributed by atoms with Gasteiger partial charge in [-0.05, 0) is 53.1 Å². The third kappa shape index (κ3) is 3.80. The van der Waals surface area contributed by atoms with Gasteiger partial charge in [0.25, 0.3) is 0 Å². The fourth-order valence-electron chi connectivity index (χ4n) is 2.75. The number of piperidine rings is 1. The van der Waals surface area contributed by atoms with Gasteiger partial charge in [-0.3, -0.25) is 0 Å². The minimum Gasteiger partial charge on any atom is -0.449 e. The predicted octanol–water partition coefficient (Wildman–Crippen LogP) is 2.62. The van der Waals surface area contributed by atoms with Crippen LogP contribution in [0.1, 0.15) is 51.2 Å². The molecule has 2 rings (SSSR count). The maximum absolute atomic E-state index is 5.62. The Labute approximate surface area is 116 Å². The zero-order valence-electron chi connectivity index (χ0n) is 12.6. The van der Waals surface area contributed by atoms with E-state index < -0.39 is 0 Å². The summed E-state index contributed by atoms with van der Waals surface area (Å²) >= 11 is 0. The predicted molar refractivity (Wildman–Crippen MR) is 77.1 cm³/mol. The maximum Gasteiger partial charge on any atom is 0.194 e. The first-order valence-electron chi connectivity index (χ1n) is 7.45. The highest BCUT2D eigenvalue weighted by molar-refractivity contribution is 5.02. The molecule has 0 spiro atoms. The number of likely N-dealkylation sites (tertiary alicyclic amines) is 1. The van der Waals surface area contributed by atoms with Crippen molar-refractivity contribution in [3.05, 3.63) is 17.8 Å². The van der Waals surface area contributed by atoms with Gasteiger partial charge in [0.05, 0.1) is 5.69 Å². The Hall–Kier alpha value is -0.870. The first-order chi connectivity index (χ1) is 9.10. The molecular formula is C15H27N3O. The first-order valence-corrected chi connectivity index (χ1v) is 7.45. The second-order valence-corrected chi connectivity index (χ2v) is 5.98. The average Bonchev–Trinajstić information content (AvgIpc) is 2.86. The van der Waals surface area contributed by atoms with Crippen LogP contribution >= 0.6 is 0 Å². The van der Waals surface area contributed by atoms with Gasteiger partial charge in [0, 0.05) is 25.0 Å². The van der Waals surface area contributed by atoms with Gasteiger partial charge in [0.2, 0.25) is 0 Å². The summed E-state index contributed by atoms with van der Waals surface area (Å²) in [6.45, 7) is 9.07. The molecule has 0 aromatic carbocycles. The van der Waals surface area contributed by atoms with E-state index in [9.17, 15) is 0 Å². The van der Waals surface area contributed by atoms with Gasteiger partial charge in [-0.1, -0.05) is 0 Å². The summed E-state index contributed by atoms with van der Waals surface area (Å²) < 4.78 is 5.62. The van der Waals surface area contributed by atoms with E-state index in [0.29, 0.717) is 12.0 Å². The molecule has 1 aromatic rings. The lowest BCUT2D eigenvalue weighted by atomic mass is 9.94. The average molecular weight is 265 g/mol. The van der Waals surface area contributed by atoms with Crippen molar-refractivity contribution >= 4 is 0 Å². The molecule has 0 aliphatic carbocycles. The number of oxazole rings is 1. The van der Waals surface area contributed by atoms with Crippen molar-refractivity contribution in [2.45, 2.75) is 52.1 Å². The van der Waals surface area contributed by atoms with Crippen molar-refractivity contribution in [3.63, 3.8) is 0 Å². The lowest BCUT2D eigenvalue weighted by Gasteiger charge is -2.35. The Balaban J connectivity index is 1.91. The molecular weight excluding hydrogens is 238 g/mol. The van der Waals surface area contributed by atoms with Crippen LogP contribution in [0.2, 0.25) is 0 Å². The molecule has 0 bridgehead atoms. The minimum atomic E-state index is 0.260. The van der Waals surface area contributed by atoms with Gasteiger partial charge in [0.1, 0.15) is 6.26 Å². The van der Waals surface area contributed by atoms with Crippen LogP contribution in [-0.4, -0.2) is 36.1 Å². The summed E-state index contributed by atoms with van der Waals surface area (Å²) in [4.78, 5) is 7.16. The van der Waals surface area contributed by atoms with E-state index >= 15 is 0 Å². The highest BCUT2D eigenvalue weighted by atomic mass is 16.3. The molecule has 4 nitrogen and oxygen atoms in total. The van der Waals surface area contributed by atoms with Crippen LogP contribution in [0.4, 0.5) is 0 Å². The molecule has 1 fully saturated rings. The molecule has 1 N–H and O–H groups in total. The number of nitrogens with one attached hydrogen (secondary N) is 1. The third-order valence-corrected chi connectivity index (χ3v) is 4.19. The van der Waals surface area contributed by atoms with Crippen LogP contribution < -0.4 is 5.32 Å². The summed E-state index contributed by atoms with van der Waals surface area (Å²) in [5, 5.41) is 3.19. The van der Waals surface area contributed by atoms with Crippen molar-refractivity contribution in [1.82, 2.24) is 15.2 Å². The molecule has 2 atom stereocenters. The summed E-state index contributed by atoms with van der Waals surface area (Å²) in [6, 6.07) is 0.906. The van der Waals surface area contributed by atoms with Gasteiger partial charge in [-0.25, -0.2) is 4.98 Å². The van der Waals surface area contributed by atoms with E-state index in [4.69, 9.17) is 4.42 Å². The zero-order chi connectivity index (χ0) is 13.8. The van der Waals surface area contributed by atoms with E-state index in [1.807, 2.05) is 7.05 Å². The largest absolute Gasteiger partial charge is 0.449 e. The van der Waals surface area contributed by atoms with Crippen LogP contribution in [-0.2, 0) is 6.42 Å². The molecule has 1 aliphatic heterocycles. The zero-order valence-corrected chi connectivity index (χ0v) is 12.6. The summed E-state index contributed by atoms with van der Waals surface area (Å²) in [7, 11) is 1.95. The van der Waals surface area contributed by atoms with E-state index in [2.05, 4.69) is 36.0 Å². The lowest BCUT2D eigenvalue weighted by molar-refractivity contribution is 0.136. The molecule has 0 amide bonds. The highest BCUT2D eigenvalue weighted by Gasteiger charge is 2.23. The molecule has 108 valence electrons.